The number of likely N-dealkylation sites (tertiary alicyclic amines) is 1. The van der Waals surface area contributed by atoms with Crippen LogP contribution in [0.1, 0.15) is 35.2 Å². The number of piperidine rings is 1. The molecule has 2 aromatic rings. The van der Waals surface area contributed by atoms with Crippen molar-refractivity contribution in [2.45, 2.75) is 37.3 Å². The van der Waals surface area contributed by atoms with E-state index in [0.29, 0.717) is 48.3 Å². The third kappa shape index (κ3) is 5.62. The highest BCUT2D eigenvalue weighted by Gasteiger charge is 2.63. The first-order valence-electron chi connectivity index (χ1n) is 16.4. The summed E-state index contributed by atoms with van der Waals surface area (Å²) >= 11 is 0. The first-order chi connectivity index (χ1) is 23.7. The number of methoxy groups -OCH3 is 1. The van der Waals surface area contributed by atoms with Gasteiger partial charge < -0.3 is 36.2 Å². The van der Waals surface area contributed by atoms with E-state index in [2.05, 4.69) is 5.32 Å². The van der Waals surface area contributed by atoms with Crippen molar-refractivity contribution in [2.24, 2.45) is 23.5 Å². The Morgan fingerprint density at radius 3 is 2.30 bits per heavy atom. The standard InChI is InChI=1S/C36H40N4O10/c1-39(2)29-23-15-19-14-22-21(17-4-6-20(7-5-17)38-25(42)16-40-12-10-18(11-13-40)35(48)50-3)8-9-24(41)27(22)30(43)26(19)32(45)36(23,49)33(46)28(31(29)44)34(37)47/h4-9,18-19,23,29,41,44-45,49H,10-16H2,1-3H3,(H2,37,47)(H,38,42)/t19-,23-,29?,36-/m1/s1. The molecule has 0 spiro atoms. The molecule has 14 heteroatoms. The van der Waals surface area contributed by atoms with E-state index in [1.807, 2.05) is 4.90 Å². The Labute approximate surface area is 287 Å². The molecular formula is C36H40N4O10. The Morgan fingerprint density at radius 1 is 1.04 bits per heavy atom. The molecule has 3 aliphatic carbocycles. The Balaban J connectivity index is 1.26. The van der Waals surface area contributed by atoms with Crippen molar-refractivity contribution in [1.29, 1.82) is 0 Å². The zero-order valence-electron chi connectivity index (χ0n) is 27.9. The number of aliphatic hydroxyl groups is 3. The van der Waals surface area contributed by atoms with Gasteiger partial charge in [-0.2, -0.15) is 0 Å². The van der Waals surface area contributed by atoms with Crippen LogP contribution < -0.4 is 11.1 Å². The summed E-state index contributed by atoms with van der Waals surface area (Å²) in [5.41, 5.74) is 3.87. The number of phenols is 1. The summed E-state index contributed by atoms with van der Waals surface area (Å²) in [4.78, 5) is 67.8. The minimum atomic E-state index is -2.71. The molecule has 1 fully saturated rings. The number of phenolic OH excluding ortho intramolecular Hbond substituents is 1. The Kier molecular flexibility index (Phi) is 9.05. The predicted octanol–water partition coefficient (Wildman–Crippen LogP) is 1.61. The molecule has 14 nitrogen and oxygen atoms in total. The number of carbonyl (C=O) groups is 5. The molecule has 2 aromatic carbocycles. The number of carbonyl (C=O) groups excluding carboxylic acids is 5. The van der Waals surface area contributed by atoms with Crippen LogP contribution in [0.3, 0.4) is 0 Å². The van der Waals surface area contributed by atoms with Gasteiger partial charge in [0.15, 0.2) is 11.4 Å². The number of aromatic hydroxyl groups is 1. The molecular weight excluding hydrogens is 648 g/mol. The van der Waals surface area contributed by atoms with Crippen LogP contribution in [0.5, 0.6) is 5.75 Å². The number of primary amides is 1. The van der Waals surface area contributed by atoms with Crippen LogP contribution in [0, 0.1) is 17.8 Å². The maximum Gasteiger partial charge on any atom is 0.308 e. The molecule has 4 atom stereocenters. The quantitative estimate of drug-likeness (QED) is 0.181. The topological polar surface area (TPSA) is 220 Å². The fourth-order valence-electron chi connectivity index (χ4n) is 8.15. The van der Waals surface area contributed by atoms with Crippen LogP contribution in [0.2, 0.25) is 0 Å². The average Bonchev–Trinajstić information content (AvgIpc) is 3.06. The number of hydrogen-bond donors (Lipinski definition) is 6. The number of allylic oxidation sites excluding steroid dienone is 1. The lowest BCUT2D eigenvalue weighted by molar-refractivity contribution is -0.149. The van der Waals surface area contributed by atoms with E-state index in [-0.39, 0.29) is 54.1 Å². The van der Waals surface area contributed by atoms with Gasteiger partial charge in [-0.05, 0) is 93.7 Å². The number of amides is 2. The largest absolute Gasteiger partial charge is 0.510 e. The van der Waals surface area contributed by atoms with Crippen molar-refractivity contribution in [3.63, 3.8) is 0 Å². The number of aliphatic hydroxyl groups excluding tert-OH is 2. The summed E-state index contributed by atoms with van der Waals surface area (Å²) in [7, 11) is 4.52. The number of likely N-dealkylation sites (N-methyl/N-ethyl adjacent to an activating group) is 1. The predicted molar refractivity (Wildman–Crippen MR) is 179 cm³/mol. The van der Waals surface area contributed by atoms with Gasteiger partial charge >= 0.3 is 5.97 Å². The lowest BCUT2D eigenvalue weighted by Crippen LogP contribution is -2.63. The number of ketones is 2. The van der Waals surface area contributed by atoms with Crippen LogP contribution >= 0.6 is 0 Å². The fraction of sp³-hybridized carbons (Fsp3) is 0.417. The summed E-state index contributed by atoms with van der Waals surface area (Å²) in [6.45, 7) is 1.37. The number of nitrogens with one attached hydrogen (secondary N) is 1. The summed E-state index contributed by atoms with van der Waals surface area (Å²) in [5.74, 6) is -7.68. The Bertz CT molecular complexity index is 1860. The number of nitrogens with two attached hydrogens (primary N) is 1. The third-order valence-electron chi connectivity index (χ3n) is 10.6. The van der Waals surface area contributed by atoms with Crippen molar-refractivity contribution in [3.05, 3.63) is 70.2 Å². The molecule has 1 heterocycles. The van der Waals surface area contributed by atoms with Crippen LogP contribution in [-0.4, -0.2) is 112 Å². The molecule has 0 radical (unpaired) electrons. The van der Waals surface area contributed by atoms with Crippen molar-refractivity contribution in [2.75, 3.05) is 46.2 Å². The van der Waals surface area contributed by atoms with Gasteiger partial charge in [-0.25, -0.2) is 0 Å². The van der Waals surface area contributed by atoms with Gasteiger partial charge in [-0.15, -0.1) is 0 Å². The molecule has 4 aliphatic rings. The Morgan fingerprint density at radius 2 is 1.70 bits per heavy atom. The first-order valence-corrected chi connectivity index (χ1v) is 16.4. The molecule has 1 saturated heterocycles. The molecule has 0 bridgehead atoms. The van der Waals surface area contributed by atoms with Crippen LogP contribution in [0.4, 0.5) is 5.69 Å². The number of nitrogens with zero attached hydrogens (tertiary/aromatic N) is 2. The van der Waals surface area contributed by atoms with Crippen LogP contribution in [-0.2, 0) is 30.3 Å². The van der Waals surface area contributed by atoms with E-state index in [1.165, 1.54) is 18.1 Å². The highest BCUT2D eigenvalue weighted by Crippen LogP contribution is 2.53. The monoisotopic (exact) mass is 688 g/mol. The van der Waals surface area contributed by atoms with Crippen molar-refractivity contribution >= 4 is 35.0 Å². The minimum absolute atomic E-state index is 0.0216. The van der Waals surface area contributed by atoms with Crippen LogP contribution in [0.25, 0.3) is 11.1 Å². The number of ether oxygens (including phenoxy) is 1. The summed E-state index contributed by atoms with van der Waals surface area (Å²) < 4.78 is 4.82. The van der Waals surface area contributed by atoms with E-state index in [1.54, 1.807) is 44.4 Å². The van der Waals surface area contributed by atoms with Gasteiger partial charge in [0.2, 0.25) is 11.7 Å². The second-order valence-electron chi connectivity index (χ2n) is 13.6. The third-order valence-corrected chi connectivity index (χ3v) is 10.6. The molecule has 6 rings (SSSR count). The second-order valence-corrected chi connectivity index (χ2v) is 13.6. The molecule has 0 aromatic heterocycles. The number of rotatable bonds is 7. The number of benzene rings is 2. The van der Waals surface area contributed by atoms with Gasteiger partial charge in [0.1, 0.15) is 22.8 Å². The average molecular weight is 689 g/mol. The number of anilines is 1. The second kappa shape index (κ2) is 13.0. The first kappa shape index (κ1) is 34.8. The number of esters is 1. The zero-order chi connectivity index (χ0) is 36.2. The van der Waals surface area contributed by atoms with Crippen LogP contribution in [0.15, 0.2) is 59.1 Å². The van der Waals surface area contributed by atoms with Gasteiger partial charge in [0.05, 0.1) is 31.2 Å². The minimum Gasteiger partial charge on any atom is -0.510 e. The van der Waals surface area contributed by atoms with Gasteiger partial charge in [-0.1, -0.05) is 18.2 Å². The molecule has 1 aliphatic heterocycles. The maximum atomic E-state index is 14.1. The molecule has 7 N–H and O–H groups in total. The van der Waals surface area contributed by atoms with E-state index in [0.717, 1.165) is 0 Å². The SMILES string of the molecule is COC(=O)C1CCN(CC(=O)Nc2ccc(-c3ccc(O)c4c3C[C@@H]3C[C@@H]5C(N(C)C)C(O)=C(C(N)=O)C(=O)[C@]5(O)C(O)=C3C4=O)cc2)CC1. The van der Waals surface area contributed by atoms with E-state index < -0.39 is 58.0 Å². The highest BCUT2D eigenvalue weighted by atomic mass is 16.5. The number of hydrogen-bond acceptors (Lipinski definition) is 12. The Hall–Kier alpha value is -5.05. The van der Waals surface area contributed by atoms with Crippen molar-refractivity contribution in [3.8, 4) is 16.9 Å². The summed E-state index contributed by atoms with van der Waals surface area (Å²) in [6.07, 6.45) is 1.37. The van der Waals surface area contributed by atoms with Crippen molar-refractivity contribution < 1.29 is 49.1 Å². The summed E-state index contributed by atoms with van der Waals surface area (Å²) in [5, 5.41) is 48.1. The van der Waals surface area contributed by atoms with Gasteiger partial charge in [-0.3, -0.25) is 33.8 Å². The van der Waals surface area contributed by atoms with E-state index >= 15 is 0 Å². The highest BCUT2D eigenvalue weighted by molar-refractivity contribution is 6.25. The molecule has 0 saturated carbocycles. The van der Waals surface area contributed by atoms with Gasteiger partial charge in [0, 0.05) is 17.2 Å². The maximum absolute atomic E-state index is 14.1. The normalized spacial score (nSPS) is 25.6. The number of Topliss-reactive ketones (excluding diaryl/α,β-unsaturated/α-hetero) is 2. The summed E-state index contributed by atoms with van der Waals surface area (Å²) in [6, 6.07) is 8.92. The smallest absolute Gasteiger partial charge is 0.308 e. The number of fused-ring (bicyclic) bond motifs is 3. The lowest BCUT2D eigenvalue weighted by atomic mass is 9.58. The van der Waals surface area contributed by atoms with Crippen molar-refractivity contribution in [1.82, 2.24) is 9.80 Å². The molecule has 264 valence electrons. The molecule has 50 heavy (non-hydrogen) atoms. The fourth-order valence-corrected chi connectivity index (χ4v) is 8.15. The molecule has 2 amide bonds. The van der Waals surface area contributed by atoms with Gasteiger partial charge in [0.25, 0.3) is 5.91 Å². The van der Waals surface area contributed by atoms with E-state index in [4.69, 9.17) is 10.5 Å². The zero-order valence-corrected chi connectivity index (χ0v) is 27.9. The van der Waals surface area contributed by atoms with E-state index in [9.17, 15) is 44.4 Å². The molecule has 1 unspecified atom stereocenters. The lowest BCUT2D eigenvalue weighted by Gasteiger charge is -2.50.